The van der Waals surface area contributed by atoms with Crippen molar-refractivity contribution in [2.24, 2.45) is 0 Å². The van der Waals surface area contributed by atoms with E-state index in [9.17, 15) is 9.46 Å². The van der Waals surface area contributed by atoms with Crippen LogP contribution in [-0.4, -0.2) is 30.6 Å². The van der Waals surface area contributed by atoms with Gasteiger partial charge in [0.2, 0.25) is 7.37 Å². The highest BCUT2D eigenvalue weighted by atomic mass is 31.2. The van der Waals surface area contributed by atoms with Gasteiger partial charge in [-0.2, -0.15) is 0 Å². The zero-order valence-electron chi connectivity index (χ0n) is 8.87. The summed E-state index contributed by atoms with van der Waals surface area (Å²) >= 11 is 0. The predicted octanol–water partition coefficient (Wildman–Crippen LogP) is 1.17. The Kier molecular flexibility index (Phi) is 5.81. The van der Waals surface area contributed by atoms with Crippen LogP contribution in [0.25, 0.3) is 0 Å². The molecule has 0 aromatic rings. The summed E-state index contributed by atoms with van der Waals surface area (Å²) in [6, 6.07) is 0. The van der Waals surface area contributed by atoms with Crippen LogP contribution in [0.1, 0.15) is 26.7 Å². The van der Waals surface area contributed by atoms with E-state index in [0.29, 0.717) is 12.8 Å². The van der Waals surface area contributed by atoms with E-state index >= 15 is 0 Å². The highest BCUT2D eigenvalue weighted by Crippen LogP contribution is 2.50. The largest absolute Gasteiger partial charge is 0.342 e. The van der Waals surface area contributed by atoms with E-state index < -0.39 is 7.37 Å². The first-order valence-electron chi connectivity index (χ1n) is 4.71. The summed E-state index contributed by atoms with van der Waals surface area (Å²) < 4.78 is 12.0. The van der Waals surface area contributed by atoms with Crippen molar-refractivity contribution in [2.75, 3.05) is 14.1 Å². The molecule has 0 aliphatic rings. The molecule has 13 heavy (non-hydrogen) atoms. The van der Waals surface area contributed by atoms with Crippen LogP contribution >= 0.6 is 7.37 Å². The number of hydrogen-bond acceptors (Lipinski definition) is 3. The Morgan fingerprint density at radius 1 is 1.15 bits per heavy atom. The van der Waals surface area contributed by atoms with E-state index in [1.165, 1.54) is 0 Å². The van der Waals surface area contributed by atoms with Crippen LogP contribution in [0.5, 0.6) is 0 Å². The third kappa shape index (κ3) is 3.06. The van der Waals surface area contributed by atoms with Crippen LogP contribution in [0.2, 0.25) is 0 Å². The minimum atomic E-state index is -3.14. The van der Waals surface area contributed by atoms with E-state index in [0.717, 1.165) is 0 Å². The van der Waals surface area contributed by atoms with Gasteiger partial charge in [-0.15, -0.1) is 0 Å². The second-order valence-electron chi connectivity index (χ2n) is 3.10. The Morgan fingerprint density at radius 3 is 1.62 bits per heavy atom. The average molecular weight is 208 g/mol. The van der Waals surface area contributed by atoms with Crippen molar-refractivity contribution in [2.45, 2.75) is 38.3 Å². The molecule has 0 aromatic carbocycles. The maximum Gasteiger partial charge on any atom is 0.233 e. The summed E-state index contributed by atoms with van der Waals surface area (Å²) in [5, 5.41) is 5.78. The lowest BCUT2D eigenvalue weighted by atomic mass is 10.5. The molecule has 0 heterocycles. The van der Waals surface area contributed by atoms with Crippen LogP contribution in [0, 0.1) is 0 Å². The molecule has 2 unspecified atom stereocenters. The van der Waals surface area contributed by atoms with E-state index in [-0.39, 0.29) is 11.6 Å². The van der Waals surface area contributed by atoms with Crippen molar-refractivity contribution in [3.63, 3.8) is 0 Å². The lowest BCUT2D eigenvalue weighted by Crippen LogP contribution is -2.34. The number of nitrogens with one attached hydrogen (secondary N) is 2. The first-order valence-corrected chi connectivity index (χ1v) is 6.50. The average Bonchev–Trinajstić information content (AvgIpc) is 2.07. The SMILES string of the molecule is CCC(NC)P(=O)(O)C(CC)NC. The van der Waals surface area contributed by atoms with Crippen molar-refractivity contribution >= 4 is 7.37 Å². The molecule has 2 atom stereocenters. The first kappa shape index (κ1) is 13.1. The molecule has 0 aromatic heterocycles. The first-order chi connectivity index (χ1) is 6.04. The van der Waals surface area contributed by atoms with E-state index in [1.807, 2.05) is 13.8 Å². The molecule has 80 valence electrons. The molecule has 0 saturated carbocycles. The maximum absolute atomic E-state index is 12.0. The van der Waals surface area contributed by atoms with Crippen molar-refractivity contribution in [3.8, 4) is 0 Å². The van der Waals surface area contributed by atoms with Gasteiger partial charge >= 0.3 is 0 Å². The molecule has 0 rings (SSSR count). The van der Waals surface area contributed by atoms with E-state index in [2.05, 4.69) is 10.6 Å². The van der Waals surface area contributed by atoms with Crippen molar-refractivity contribution in [1.29, 1.82) is 0 Å². The van der Waals surface area contributed by atoms with Gasteiger partial charge in [-0.3, -0.25) is 4.57 Å². The number of hydrogen-bond donors (Lipinski definition) is 3. The highest BCUT2D eigenvalue weighted by molar-refractivity contribution is 7.59. The second-order valence-corrected chi connectivity index (χ2v) is 5.69. The van der Waals surface area contributed by atoms with Gasteiger partial charge in [0, 0.05) is 0 Å². The van der Waals surface area contributed by atoms with Gasteiger partial charge in [0.25, 0.3) is 0 Å². The van der Waals surface area contributed by atoms with Gasteiger partial charge in [-0.05, 0) is 26.9 Å². The van der Waals surface area contributed by atoms with Crippen LogP contribution in [0.4, 0.5) is 0 Å². The fourth-order valence-corrected chi connectivity index (χ4v) is 3.74. The topological polar surface area (TPSA) is 61.4 Å². The second kappa shape index (κ2) is 5.76. The van der Waals surface area contributed by atoms with Crippen LogP contribution < -0.4 is 10.6 Å². The lowest BCUT2D eigenvalue weighted by molar-refractivity contribution is 0.421. The predicted molar refractivity (Wildman–Crippen MR) is 56.1 cm³/mol. The molecule has 3 N–H and O–H groups in total. The van der Waals surface area contributed by atoms with Gasteiger partial charge in [-0.1, -0.05) is 13.8 Å². The summed E-state index contributed by atoms with van der Waals surface area (Å²) in [6.45, 7) is 3.82. The normalized spacial score (nSPS) is 20.7. The van der Waals surface area contributed by atoms with Crippen LogP contribution in [-0.2, 0) is 4.57 Å². The summed E-state index contributed by atoms with van der Waals surface area (Å²) in [5.41, 5.74) is 0. The Balaban J connectivity index is 4.59. The molecule has 0 spiro atoms. The monoisotopic (exact) mass is 208 g/mol. The van der Waals surface area contributed by atoms with Crippen LogP contribution in [0.15, 0.2) is 0 Å². The fraction of sp³-hybridized carbons (Fsp3) is 1.00. The molecule has 0 aliphatic heterocycles. The molecule has 5 heteroatoms. The Bertz CT molecular complexity index is 163. The molecular weight excluding hydrogens is 187 g/mol. The van der Waals surface area contributed by atoms with Crippen LogP contribution in [0.3, 0.4) is 0 Å². The quantitative estimate of drug-likeness (QED) is 0.573. The maximum atomic E-state index is 12.0. The van der Waals surface area contributed by atoms with E-state index in [1.54, 1.807) is 14.1 Å². The molecule has 0 fully saturated rings. The lowest BCUT2D eigenvalue weighted by Gasteiger charge is -2.28. The Labute approximate surface area is 80.6 Å². The minimum Gasteiger partial charge on any atom is -0.342 e. The minimum absolute atomic E-state index is 0.301. The molecule has 0 radical (unpaired) electrons. The standard InChI is InChI=1S/C8H21N2O2P/c1-5-7(9-3)13(11,12)8(6-2)10-4/h7-10H,5-6H2,1-4H3,(H,11,12). The molecule has 0 saturated heterocycles. The fourth-order valence-electron chi connectivity index (χ4n) is 1.52. The van der Waals surface area contributed by atoms with Gasteiger partial charge in [0.1, 0.15) is 0 Å². The molecule has 4 nitrogen and oxygen atoms in total. The van der Waals surface area contributed by atoms with Gasteiger partial charge in [0.15, 0.2) is 0 Å². The summed E-state index contributed by atoms with van der Waals surface area (Å²) in [6.07, 6.45) is 1.34. The summed E-state index contributed by atoms with van der Waals surface area (Å²) in [5.74, 6) is -0.602. The van der Waals surface area contributed by atoms with E-state index in [4.69, 9.17) is 0 Å². The van der Waals surface area contributed by atoms with Gasteiger partial charge < -0.3 is 15.5 Å². The molecule has 0 bridgehead atoms. The zero-order chi connectivity index (χ0) is 10.5. The molecular formula is C8H21N2O2P. The van der Waals surface area contributed by atoms with Gasteiger partial charge in [-0.25, -0.2) is 0 Å². The van der Waals surface area contributed by atoms with Crippen molar-refractivity contribution in [3.05, 3.63) is 0 Å². The summed E-state index contributed by atoms with van der Waals surface area (Å²) in [7, 11) is 0.308. The Hall–Kier alpha value is 0.110. The zero-order valence-corrected chi connectivity index (χ0v) is 9.77. The van der Waals surface area contributed by atoms with Gasteiger partial charge in [0.05, 0.1) is 11.6 Å². The van der Waals surface area contributed by atoms with Crippen molar-refractivity contribution in [1.82, 2.24) is 10.6 Å². The third-order valence-corrected chi connectivity index (χ3v) is 5.37. The molecule has 0 amide bonds. The smallest absolute Gasteiger partial charge is 0.233 e. The Morgan fingerprint density at radius 2 is 1.46 bits per heavy atom. The molecule has 0 aliphatic carbocycles. The summed E-state index contributed by atoms with van der Waals surface area (Å²) in [4.78, 5) is 9.86. The van der Waals surface area contributed by atoms with Crippen molar-refractivity contribution < 1.29 is 9.46 Å². The highest BCUT2D eigenvalue weighted by Gasteiger charge is 2.35. The third-order valence-electron chi connectivity index (χ3n) is 2.33. The number of rotatable bonds is 6.